The van der Waals surface area contributed by atoms with Crippen molar-refractivity contribution in [3.8, 4) is 0 Å². The lowest BCUT2D eigenvalue weighted by atomic mass is 10.1. The molecule has 0 radical (unpaired) electrons. The van der Waals surface area contributed by atoms with Crippen LogP contribution < -0.4 is 11.1 Å². The first-order chi connectivity index (χ1) is 9.06. The van der Waals surface area contributed by atoms with Crippen molar-refractivity contribution in [1.82, 2.24) is 15.1 Å². The second-order valence-electron chi connectivity index (χ2n) is 4.34. The van der Waals surface area contributed by atoms with E-state index in [2.05, 4.69) is 10.4 Å². The van der Waals surface area contributed by atoms with Crippen LogP contribution in [0, 0.1) is 5.82 Å². The summed E-state index contributed by atoms with van der Waals surface area (Å²) < 4.78 is 15.0. The van der Waals surface area contributed by atoms with Crippen molar-refractivity contribution in [2.45, 2.75) is 19.5 Å². The molecule has 5 nitrogen and oxygen atoms in total. The zero-order chi connectivity index (χ0) is 13.8. The zero-order valence-corrected chi connectivity index (χ0v) is 10.5. The maximum absolute atomic E-state index is 13.3. The van der Waals surface area contributed by atoms with E-state index in [1.807, 2.05) is 19.2 Å². The summed E-state index contributed by atoms with van der Waals surface area (Å²) in [6.45, 7) is 2.41. The van der Waals surface area contributed by atoms with E-state index < -0.39 is 5.82 Å². The van der Waals surface area contributed by atoms with E-state index in [9.17, 15) is 9.18 Å². The Morgan fingerprint density at radius 1 is 1.58 bits per heavy atom. The van der Waals surface area contributed by atoms with Gasteiger partial charge in [0.1, 0.15) is 5.82 Å². The van der Waals surface area contributed by atoms with Gasteiger partial charge in [0.15, 0.2) is 0 Å². The van der Waals surface area contributed by atoms with E-state index in [1.165, 1.54) is 12.1 Å². The summed E-state index contributed by atoms with van der Waals surface area (Å²) in [6, 6.07) is 5.69. The number of anilines is 1. The number of hydrogen-bond donors (Lipinski definition) is 2. The van der Waals surface area contributed by atoms with Gasteiger partial charge in [-0.25, -0.2) is 4.39 Å². The minimum absolute atomic E-state index is 0.0288. The van der Waals surface area contributed by atoms with Crippen molar-refractivity contribution in [1.29, 1.82) is 0 Å². The third-order valence-electron chi connectivity index (χ3n) is 2.66. The Morgan fingerprint density at radius 2 is 2.37 bits per heavy atom. The van der Waals surface area contributed by atoms with Crippen LogP contribution in [0.25, 0.3) is 0 Å². The van der Waals surface area contributed by atoms with Crippen molar-refractivity contribution in [2.75, 3.05) is 5.73 Å². The first-order valence-corrected chi connectivity index (χ1v) is 5.89. The van der Waals surface area contributed by atoms with Gasteiger partial charge >= 0.3 is 0 Å². The van der Waals surface area contributed by atoms with Crippen LogP contribution in [-0.2, 0) is 6.54 Å². The molecule has 6 heteroatoms. The van der Waals surface area contributed by atoms with Crippen molar-refractivity contribution in [3.63, 3.8) is 0 Å². The molecule has 1 atom stereocenters. The van der Waals surface area contributed by atoms with Crippen molar-refractivity contribution in [3.05, 3.63) is 48.0 Å². The molecule has 0 aliphatic carbocycles. The van der Waals surface area contributed by atoms with Crippen molar-refractivity contribution in [2.24, 2.45) is 0 Å². The average Bonchev–Trinajstić information content (AvgIpc) is 2.85. The number of carbonyl (C=O) groups is 1. The highest BCUT2D eigenvalue weighted by molar-refractivity contribution is 5.94. The molecular weight excluding hydrogens is 247 g/mol. The van der Waals surface area contributed by atoms with Crippen LogP contribution in [0.15, 0.2) is 36.7 Å². The molecule has 1 aromatic heterocycles. The maximum Gasteiger partial charge on any atom is 0.251 e. The van der Waals surface area contributed by atoms with E-state index >= 15 is 0 Å². The Kier molecular flexibility index (Phi) is 3.79. The van der Waals surface area contributed by atoms with Crippen LogP contribution in [0.1, 0.15) is 17.3 Å². The topological polar surface area (TPSA) is 72.9 Å². The number of nitrogens with zero attached hydrogens (tertiary/aromatic N) is 2. The molecule has 0 aliphatic heterocycles. The number of benzene rings is 1. The fourth-order valence-electron chi connectivity index (χ4n) is 1.71. The molecule has 1 aromatic carbocycles. The van der Waals surface area contributed by atoms with E-state index in [-0.39, 0.29) is 23.2 Å². The summed E-state index contributed by atoms with van der Waals surface area (Å²) in [4.78, 5) is 11.9. The predicted molar refractivity (Wildman–Crippen MR) is 70.0 cm³/mol. The maximum atomic E-state index is 13.3. The molecule has 0 saturated heterocycles. The van der Waals surface area contributed by atoms with Gasteiger partial charge in [0.05, 0.1) is 12.2 Å². The number of aromatic nitrogens is 2. The Hall–Kier alpha value is -2.37. The molecule has 3 N–H and O–H groups in total. The second kappa shape index (κ2) is 5.51. The molecule has 100 valence electrons. The summed E-state index contributed by atoms with van der Waals surface area (Å²) in [5.41, 5.74) is 5.64. The van der Waals surface area contributed by atoms with E-state index in [4.69, 9.17) is 5.73 Å². The first kappa shape index (κ1) is 13.1. The van der Waals surface area contributed by atoms with E-state index in [1.54, 1.807) is 10.9 Å². The van der Waals surface area contributed by atoms with Gasteiger partial charge in [-0.2, -0.15) is 5.10 Å². The van der Waals surface area contributed by atoms with Gasteiger partial charge < -0.3 is 11.1 Å². The average molecular weight is 262 g/mol. The number of rotatable bonds is 4. The number of nitrogen functional groups attached to an aromatic ring is 1. The lowest BCUT2D eigenvalue weighted by Gasteiger charge is -2.14. The van der Waals surface area contributed by atoms with Gasteiger partial charge in [0, 0.05) is 24.0 Å². The highest BCUT2D eigenvalue weighted by Crippen LogP contribution is 2.12. The number of halogens is 1. The zero-order valence-electron chi connectivity index (χ0n) is 10.5. The molecule has 2 aromatic rings. The highest BCUT2D eigenvalue weighted by atomic mass is 19.1. The normalized spacial score (nSPS) is 12.1. The van der Waals surface area contributed by atoms with Crippen LogP contribution in [0.3, 0.4) is 0 Å². The lowest BCUT2D eigenvalue weighted by molar-refractivity contribution is 0.0935. The summed E-state index contributed by atoms with van der Waals surface area (Å²) in [6.07, 6.45) is 3.48. The van der Waals surface area contributed by atoms with E-state index in [0.717, 1.165) is 6.07 Å². The van der Waals surface area contributed by atoms with Gasteiger partial charge in [-0.15, -0.1) is 0 Å². The molecule has 0 spiro atoms. The van der Waals surface area contributed by atoms with Crippen molar-refractivity contribution >= 4 is 11.6 Å². The molecule has 0 fully saturated rings. The van der Waals surface area contributed by atoms with Gasteiger partial charge in [0.25, 0.3) is 5.91 Å². The van der Waals surface area contributed by atoms with Crippen LogP contribution in [0.5, 0.6) is 0 Å². The minimum atomic E-state index is -0.590. The standard InChI is InChI=1S/C13H15FN4O/c1-9(8-18-6-2-5-16-18)17-13(19)10-3-4-12(15)11(14)7-10/h2-7,9H,8,15H2,1H3,(H,17,19). The van der Waals surface area contributed by atoms with Crippen LogP contribution in [-0.4, -0.2) is 21.7 Å². The van der Waals surface area contributed by atoms with Crippen LogP contribution >= 0.6 is 0 Å². The molecule has 0 saturated carbocycles. The quantitative estimate of drug-likeness (QED) is 0.818. The summed E-state index contributed by atoms with van der Waals surface area (Å²) in [5, 5.41) is 6.82. The van der Waals surface area contributed by atoms with Crippen molar-refractivity contribution < 1.29 is 9.18 Å². The predicted octanol–water partition coefficient (Wildman–Crippen LogP) is 1.42. The number of hydrogen-bond acceptors (Lipinski definition) is 3. The molecule has 0 aliphatic rings. The van der Waals surface area contributed by atoms with Crippen LogP contribution in [0.2, 0.25) is 0 Å². The molecule has 1 unspecified atom stereocenters. The molecule has 0 bridgehead atoms. The van der Waals surface area contributed by atoms with Gasteiger partial charge in [0.2, 0.25) is 0 Å². The molecular formula is C13H15FN4O. The summed E-state index contributed by atoms with van der Waals surface area (Å²) >= 11 is 0. The third kappa shape index (κ3) is 3.31. The van der Waals surface area contributed by atoms with Gasteiger partial charge in [-0.05, 0) is 31.2 Å². The third-order valence-corrected chi connectivity index (χ3v) is 2.66. The lowest BCUT2D eigenvalue weighted by Crippen LogP contribution is -2.35. The van der Waals surface area contributed by atoms with E-state index in [0.29, 0.717) is 6.54 Å². The fourth-order valence-corrected chi connectivity index (χ4v) is 1.71. The van der Waals surface area contributed by atoms with Crippen LogP contribution in [0.4, 0.5) is 10.1 Å². The van der Waals surface area contributed by atoms with Gasteiger partial charge in [-0.1, -0.05) is 0 Å². The Morgan fingerprint density at radius 3 is 3.00 bits per heavy atom. The number of amides is 1. The summed E-state index contributed by atoms with van der Waals surface area (Å²) in [7, 11) is 0. The minimum Gasteiger partial charge on any atom is -0.396 e. The number of nitrogens with one attached hydrogen (secondary N) is 1. The molecule has 1 amide bonds. The Labute approximate surface area is 110 Å². The Bertz CT molecular complexity index is 568. The SMILES string of the molecule is CC(Cn1cccn1)NC(=O)c1ccc(N)c(F)c1. The monoisotopic (exact) mass is 262 g/mol. The second-order valence-corrected chi connectivity index (χ2v) is 4.34. The first-order valence-electron chi connectivity index (χ1n) is 5.89. The fraction of sp³-hybridized carbons (Fsp3) is 0.231. The highest BCUT2D eigenvalue weighted by Gasteiger charge is 2.12. The number of nitrogens with two attached hydrogens (primary N) is 1. The molecule has 2 rings (SSSR count). The largest absolute Gasteiger partial charge is 0.396 e. The molecule has 1 heterocycles. The Balaban J connectivity index is 1.98. The summed E-state index contributed by atoms with van der Waals surface area (Å²) in [5.74, 6) is -0.925. The van der Waals surface area contributed by atoms with Gasteiger partial charge in [-0.3, -0.25) is 9.48 Å². The smallest absolute Gasteiger partial charge is 0.251 e. The number of carbonyl (C=O) groups excluding carboxylic acids is 1. The molecule has 19 heavy (non-hydrogen) atoms.